The number of likely N-dealkylation sites (tertiary alicyclic amines) is 1. The Labute approximate surface area is 120 Å². The van der Waals surface area contributed by atoms with Crippen molar-refractivity contribution in [1.29, 1.82) is 0 Å². The number of rotatable bonds is 3. The summed E-state index contributed by atoms with van der Waals surface area (Å²) >= 11 is 0. The van der Waals surface area contributed by atoms with E-state index in [4.69, 9.17) is 9.84 Å². The van der Waals surface area contributed by atoms with Crippen LogP contribution < -0.4 is 10.1 Å². The van der Waals surface area contributed by atoms with Crippen molar-refractivity contribution in [2.24, 2.45) is 5.92 Å². The van der Waals surface area contributed by atoms with E-state index < -0.39 is 5.97 Å². The molecule has 1 aromatic rings. The molecule has 0 radical (unpaired) electrons. The predicted octanol–water partition coefficient (Wildman–Crippen LogP) is 0.564. The molecule has 7 nitrogen and oxygen atoms in total. The molecule has 1 fully saturated rings. The van der Waals surface area contributed by atoms with E-state index in [2.05, 4.69) is 5.32 Å². The third-order valence-corrected chi connectivity index (χ3v) is 3.57. The number of carbonyl (C=O) groups is 3. The monoisotopic (exact) mass is 290 g/mol. The number of carboxylic acids is 1. The van der Waals surface area contributed by atoms with Crippen LogP contribution in [0.3, 0.4) is 0 Å². The lowest BCUT2D eigenvalue weighted by atomic mass is 9.95. The smallest absolute Gasteiger partial charge is 0.303 e. The lowest BCUT2D eigenvalue weighted by Gasteiger charge is -2.38. The Balaban J connectivity index is 1.68. The number of carbonyl (C=O) groups excluding carboxylic acids is 2. The summed E-state index contributed by atoms with van der Waals surface area (Å²) < 4.78 is 5.23. The Morgan fingerprint density at radius 2 is 2.14 bits per heavy atom. The van der Waals surface area contributed by atoms with E-state index in [0.717, 1.165) is 0 Å². The molecule has 0 bridgehead atoms. The minimum absolute atomic E-state index is 0.0205. The lowest BCUT2D eigenvalue weighted by Crippen LogP contribution is -2.50. The average molecular weight is 290 g/mol. The highest BCUT2D eigenvalue weighted by molar-refractivity contribution is 6.00. The third-order valence-electron chi connectivity index (χ3n) is 3.57. The van der Waals surface area contributed by atoms with Crippen molar-refractivity contribution < 1.29 is 24.2 Å². The van der Waals surface area contributed by atoms with Crippen LogP contribution in [0.4, 0.5) is 5.69 Å². The number of nitrogens with one attached hydrogen (secondary N) is 1. The first-order chi connectivity index (χ1) is 10.0. The van der Waals surface area contributed by atoms with Gasteiger partial charge < -0.3 is 20.1 Å². The molecule has 1 saturated heterocycles. The van der Waals surface area contributed by atoms with Crippen LogP contribution in [0.5, 0.6) is 5.75 Å². The van der Waals surface area contributed by atoms with Gasteiger partial charge in [0.2, 0.25) is 0 Å². The standard InChI is InChI=1S/C14H14N2O5/c17-12-7-21-11-2-1-9(4-10(11)15-12)14(20)16-5-8(6-16)3-13(18)19/h1-2,4,8H,3,5-7H2,(H,15,17)(H,18,19). The van der Waals surface area contributed by atoms with Crippen molar-refractivity contribution >= 4 is 23.5 Å². The number of fused-ring (bicyclic) bond motifs is 1. The minimum Gasteiger partial charge on any atom is -0.482 e. The van der Waals surface area contributed by atoms with E-state index in [1.165, 1.54) is 0 Å². The van der Waals surface area contributed by atoms with Crippen molar-refractivity contribution in [3.63, 3.8) is 0 Å². The first-order valence-electron chi connectivity index (χ1n) is 6.60. The summed E-state index contributed by atoms with van der Waals surface area (Å²) in [7, 11) is 0. The predicted molar refractivity (Wildman–Crippen MR) is 72.2 cm³/mol. The summed E-state index contributed by atoms with van der Waals surface area (Å²) in [6, 6.07) is 4.87. The van der Waals surface area contributed by atoms with Gasteiger partial charge in [-0.15, -0.1) is 0 Å². The Morgan fingerprint density at radius 3 is 2.86 bits per heavy atom. The van der Waals surface area contributed by atoms with Gasteiger partial charge in [0.05, 0.1) is 12.1 Å². The van der Waals surface area contributed by atoms with Crippen molar-refractivity contribution in [2.75, 3.05) is 25.0 Å². The Morgan fingerprint density at radius 1 is 1.38 bits per heavy atom. The normalized spacial score (nSPS) is 17.3. The number of carboxylic acid groups (broad SMARTS) is 1. The summed E-state index contributed by atoms with van der Waals surface area (Å²) in [5, 5.41) is 11.3. The molecule has 2 N–H and O–H groups in total. The molecule has 7 heteroatoms. The average Bonchev–Trinajstić information content (AvgIpc) is 2.40. The SMILES string of the molecule is O=C(O)CC1CN(C(=O)c2ccc3c(c2)NC(=O)CO3)C1. The molecule has 21 heavy (non-hydrogen) atoms. The van der Waals surface area contributed by atoms with Gasteiger partial charge in [-0.1, -0.05) is 0 Å². The Bertz CT molecular complexity index is 622. The molecule has 3 rings (SSSR count). The van der Waals surface area contributed by atoms with Gasteiger partial charge in [0.1, 0.15) is 5.75 Å². The fraction of sp³-hybridized carbons (Fsp3) is 0.357. The highest BCUT2D eigenvalue weighted by atomic mass is 16.5. The van der Waals surface area contributed by atoms with Gasteiger partial charge >= 0.3 is 5.97 Å². The molecule has 0 atom stereocenters. The van der Waals surface area contributed by atoms with Crippen LogP contribution in [0, 0.1) is 5.92 Å². The maximum Gasteiger partial charge on any atom is 0.303 e. The van der Waals surface area contributed by atoms with E-state index >= 15 is 0 Å². The van der Waals surface area contributed by atoms with Gasteiger partial charge in [0.15, 0.2) is 6.61 Å². The van der Waals surface area contributed by atoms with Crippen molar-refractivity contribution in [1.82, 2.24) is 4.90 Å². The zero-order chi connectivity index (χ0) is 15.0. The molecule has 1 aromatic carbocycles. The molecule has 0 unspecified atom stereocenters. The van der Waals surface area contributed by atoms with Gasteiger partial charge in [-0.2, -0.15) is 0 Å². The molecule has 0 spiro atoms. The van der Waals surface area contributed by atoms with Crippen LogP contribution in [0.15, 0.2) is 18.2 Å². The van der Waals surface area contributed by atoms with Crippen molar-refractivity contribution in [3.8, 4) is 5.75 Å². The number of nitrogens with zero attached hydrogens (tertiary/aromatic N) is 1. The molecular formula is C14H14N2O5. The van der Waals surface area contributed by atoms with Crippen LogP contribution in [0.1, 0.15) is 16.8 Å². The van der Waals surface area contributed by atoms with E-state index in [0.29, 0.717) is 30.1 Å². The third kappa shape index (κ3) is 2.67. The van der Waals surface area contributed by atoms with E-state index in [1.54, 1.807) is 23.1 Å². The first kappa shape index (κ1) is 13.4. The number of hydrogen-bond donors (Lipinski definition) is 2. The molecule has 0 saturated carbocycles. The lowest BCUT2D eigenvalue weighted by molar-refractivity contribution is -0.139. The molecule has 2 aliphatic rings. The first-order valence-corrected chi connectivity index (χ1v) is 6.60. The van der Waals surface area contributed by atoms with Crippen molar-refractivity contribution in [3.05, 3.63) is 23.8 Å². The fourth-order valence-electron chi connectivity index (χ4n) is 2.51. The summed E-state index contributed by atoms with van der Waals surface area (Å²) in [5.74, 6) is -0.705. The van der Waals surface area contributed by atoms with Crippen molar-refractivity contribution in [2.45, 2.75) is 6.42 Å². The topological polar surface area (TPSA) is 95.9 Å². The van der Waals surface area contributed by atoms with Gasteiger partial charge in [-0.05, 0) is 18.2 Å². The largest absolute Gasteiger partial charge is 0.482 e. The van der Waals surface area contributed by atoms with Crippen LogP contribution >= 0.6 is 0 Å². The van der Waals surface area contributed by atoms with Gasteiger partial charge in [-0.25, -0.2) is 0 Å². The zero-order valence-corrected chi connectivity index (χ0v) is 11.2. The van der Waals surface area contributed by atoms with Gasteiger partial charge in [0, 0.05) is 24.6 Å². The second kappa shape index (κ2) is 5.08. The van der Waals surface area contributed by atoms with E-state index in [9.17, 15) is 14.4 Å². The quantitative estimate of drug-likeness (QED) is 0.848. The van der Waals surface area contributed by atoms with Crippen LogP contribution in [-0.2, 0) is 9.59 Å². The number of ether oxygens (including phenoxy) is 1. The highest BCUT2D eigenvalue weighted by Crippen LogP contribution is 2.30. The summed E-state index contributed by atoms with van der Waals surface area (Å²) in [4.78, 5) is 35.7. The molecule has 0 aromatic heterocycles. The number of aliphatic carboxylic acids is 1. The number of benzene rings is 1. The molecule has 2 amide bonds. The molecular weight excluding hydrogens is 276 g/mol. The van der Waals surface area contributed by atoms with Gasteiger partial charge in [0.25, 0.3) is 11.8 Å². The minimum atomic E-state index is -0.847. The second-order valence-electron chi connectivity index (χ2n) is 5.22. The number of hydrogen-bond acceptors (Lipinski definition) is 4. The summed E-state index contributed by atoms with van der Waals surface area (Å²) in [6.45, 7) is 0.874. The number of amides is 2. The molecule has 0 aliphatic carbocycles. The Kier molecular flexibility index (Phi) is 3.25. The molecule has 2 heterocycles. The van der Waals surface area contributed by atoms with E-state index in [-0.39, 0.29) is 30.8 Å². The Hall–Kier alpha value is -2.57. The van der Waals surface area contributed by atoms with E-state index in [1.807, 2.05) is 0 Å². The molecule has 2 aliphatic heterocycles. The zero-order valence-electron chi connectivity index (χ0n) is 11.2. The second-order valence-corrected chi connectivity index (χ2v) is 5.22. The maximum atomic E-state index is 12.3. The molecule has 110 valence electrons. The number of anilines is 1. The maximum absolute atomic E-state index is 12.3. The fourth-order valence-corrected chi connectivity index (χ4v) is 2.51. The summed E-state index contributed by atoms with van der Waals surface area (Å²) in [5.41, 5.74) is 0.938. The van der Waals surface area contributed by atoms with Crippen LogP contribution in [0.2, 0.25) is 0 Å². The van der Waals surface area contributed by atoms with Gasteiger partial charge in [-0.3, -0.25) is 14.4 Å². The summed E-state index contributed by atoms with van der Waals surface area (Å²) in [6.07, 6.45) is 0.0812. The van der Waals surface area contributed by atoms with Crippen LogP contribution in [0.25, 0.3) is 0 Å². The highest BCUT2D eigenvalue weighted by Gasteiger charge is 2.33. The van der Waals surface area contributed by atoms with Crippen LogP contribution in [-0.4, -0.2) is 47.5 Å².